The number of hydrogen-bond acceptors (Lipinski definition) is 2. The van der Waals surface area contributed by atoms with E-state index in [1.54, 1.807) is 0 Å². The van der Waals surface area contributed by atoms with Crippen LogP contribution in [-0.4, -0.2) is 12.4 Å². The molecule has 0 aliphatic heterocycles. The molecule has 0 fully saturated rings. The summed E-state index contributed by atoms with van der Waals surface area (Å²) in [6.07, 6.45) is 1.83. The molecule has 88 valence electrons. The molecule has 0 heterocycles. The summed E-state index contributed by atoms with van der Waals surface area (Å²) in [7, 11) is 0. The van der Waals surface area contributed by atoms with Crippen molar-refractivity contribution in [3.05, 3.63) is 35.9 Å². The molecule has 1 rings (SSSR count). The molecule has 0 aromatic heterocycles. The molecule has 0 aliphatic carbocycles. The summed E-state index contributed by atoms with van der Waals surface area (Å²) >= 11 is 0. The highest BCUT2D eigenvalue weighted by atomic mass is 16.7. The molecule has 0 saturated heterocycles. The third-order valence-electron chi connectivity index (χ3n) is 2.39. The third-order valence-corrected chi connectivity index (χ3v) is 2.39. The van der Waals surface area contributed by atoms with Gasteiger partial charge in [-0.1, -0.05) is 24.8 Å². The van der Waals surface area contributed by atoms with E-state index in [0.717, 1.165) is 16.9 Å². The first-order chi connectivity index (χ1) is 7.50. The van der Waals surface area contributed by atoms with E-state index in [2.05, 4.69) is 6.58 Å². The molecule has 1 aromatic carbocycles. The highest BCUT2D eigenvalue weighted by Crippen LogP contribution is 2.26. The molecule has 0 amide bonds. The van der Waals surface area contributed by atoms with Crippen LogP contribution in [0.15, 0.2) is 24.8 Å². The molecule has 0 aliphatic rings. The number of hydrogen-bond donors (Lipinski definition) is 0. The maximum Gasteiger partial charge on any atom is 0.204 e. The van der Waals surface area contributed by atoms with E-state index in [9.17, 15) is 0 Å². The topological polar surface area (TPSA) is 18.5 Å². The highest BCUT2D eigenvalue weighted by Gasteiger charge is 2.20. The van der Waals surface area contributed by atoms with Crippen LogP contribution < -0.4 is 4.74 Å². The summed E-state index contributed by atoms with van der Waals surface area (Å²) in [5.74, 6) is 0.245. The van der Waals surface area contributed by atoms with Crippen LogP contribution in [0.25, 0.3) is 6.08 Å². The van der Waals surface area contributed by atoms with Crippen LogP contribution in [-0.2, 0) is 4.74 Å². The van der Waals surface area contributed by atoms with Crippen LogP contribution in [0, 0.1) is 6.92 Å². The minimum absolute atomic E-state index is 0.598. The van der Waals surface area contributed by atoms with Gasteiger partial charge in [-0.3, -0.25) is 0 Å². The molecule has 2 heteroatoms. The van der Waals surface area contributed by atoms with Gasteiger partial charge in [0.15, 0.2) is 0 Å². The van der Waals surface area contributed by atoms with Gasteiger partial charge in [0.2, 0.25) is 5.79 Å². The summed E-state index contributed by atoms with van der Waals surface area (Å²) < 4.78 is 11.4. The van der Waals surface area contributed by atoms with Crippen LogP contribution in [0.2, 0.25) is 0 Å². The van der Waals surface area contributed by atoms with Gasteiger partial charge in [-0.25, -0.2) is 0 Å². The van der Waals surface area contributed by atoms with Crippen LogP contribution in [0.5, 0.6) is 5.75 Å². The maximum absolute atomic E-state index is 5.85. The van der Waals surface area contributed by atoms with E-state index in [4.69, 9.17) is 9.47 Å². The largest absolute Gasteiger partial charge is 0.463 e. The smallest absolute Gasteiger partial charge is 0.204 e. The lowest BCUT2D eigenvalue weighted by Gasteiger charge is -2.27. The molecular weight excluding hydrogens is 200 g/mol. The second-order valence-electron chi connectivity index (χ2n) is 4.11. The molecule has 2 nitrogen and oxygen atoms in total. The van der Waals surface area contributed by atoms with Crippen molar-refractivity contribution < 1.29 is 9.47 Å². The summed E-state index contributed by atoms with van der Waals surface area (Å²) in [5, 5.41) is 0. The predicted octanol–water partition coefficient (Wildman–Crippen LogP) is 3.79. The quantitative estimate of drug-likeness (QED) is 0.703. The fourth-order valence-electron chi connectivity index (χ4n) is 1.61. The Balaban J connectivity index is 2.93. The first kappa shape index (κ1) is 12.8. The van der Waals surface area contributed by atoms with Gasteiger partial charge in [0.05, 0.1) is 0 Å². The Morgan fingerprint density at radius 3 is 2.62 bits per heavy atom. The van der Waals surface area contributed by atoms with Crippen molar-refractivity contribution in [3.8, 4) is 5.75 Å². The zero-order chi connectivity index (χ0) is 12.2. The van der Waals surface area contributed by atoms with Crippen LogP contribution in [0.1, 0.15) is 31.9 Å². The van der Waals surface area contributed by atoms with Crippen molar-refractivity contribution in [1.29, 1.82) is 0 Å². The fraction of sp³-hybridized carbons (Fsp3) is 0.429. The Morgan fingerprint density at radius 1 is 1.38 bits per heavy atom. The van der Waals surface area contributed by atoms with Crippen LogP contribution in [0.3, 0.4) is 0 Å². The molecule has 16 heavy (non-hydrogen) atoms. The minimum Gasteiger partial charge on any atom is -0.463 e. The van der Waals surface area contributed by atoms with Gasteiger partial charge in [-0.2, -0.15) is 0 Å². The molecule has 0 radical (unpaired) electrons. The molecule has 0 saturated carbocycles. The van der Waals surface area contributed by atoms with Crippen molar-refractivity contribution >= 4 is 6.08 Å². The monoisotopic (exact) mass is 220 g/mol. The van der Waals surface area contributed by atoms with E-state index >= 15 is 0 Å². The summed E-state index contributed by atoms with van der Waals surface area (Å²) in [6, 6.07) is 5.92. The van der Waals surface area contributed by atoms with Crippen LogP contribution >= 0.6 is 0 Å². The average Bonchev–Trinajstić information content (AvgIpc) is 2.21. The lowest BCUT2D eigenvalue weighted by Crippen LogP contribution is -2.32. The van der Waals surface area contributed by atoms with Crippen molar-refractivity contribution in [2.45, 2.75) is 33.5 Å². The van der Waals surface area contributed by atoms with Crippen molar-refractivity contribution in [3.63, 3.8) is 0 Å². The van der Waals surface area contributed by atoms with Gasteiger partial charge in [0.25, 0.3) is 0 Å². The molecule has 0 unspecified atom stereocenters. The Bertz CT molecular complexity index is 367. The van der Waals surface area contributed by atoms with Crippen molar-refractivity contribution in [2.24, 2.45) is 0 Å². The van der Waals surface area contributed by atoms with E-state index < -0.39 is 5.79 Å². The second kappa shape index (κ2) is 5.17. The minimum atomic E-state index is -0.598. The zero-order valence-corrected chi connectivity index (χ0v) is 10.5. The van der Waals surface area contributed by atoms with E-state index in [1.165, 1.54) is 0 Å². The van der Waals surface area contributed by atoms with Crippen molar-refractivity contribution in [2.75, 3.05) is 6.61 Å². The summed E-state index contributed by atoms with van der Waals surface area (Å²) in [6.45, 7) is 12.2. The van der Waals surface area contributed by atoms with Gasteiger partial charge in [-0.15, -0.1) is 0 Å². The molecule has 0 bridgehead atoms. The van der Waals surface area contributed by atoms with E-state index in [0.29, 0.717) is 6.61 Å². The van der Waals surface area contributed by atoms with Crippen molar-refractivity contribution in [1.82, 2.24) is 0 Å². The molecule has 0 spiro atoms. The lowest BCUT2D eigenvalue weighted by atomic mass is 10.1. The van der Waals surface area contributed by atoms with Gasteiger partial charge < -0.3 is 9.47 Å². The molecular formula is C14H20O2. The standard InChI is InChI=1S/C14H20O2/c1-6-12-9-8-10-13(11(12)3)16-14(4,5)15-7-2/h6,8-10H,1,7H2,2-5H3. The summed E-state index contributed by atoms with van der Waals surface area (Å²) in [4.78, 5) is 0. The van der Waals surface area contributed by atoms with E-state index in [-0.39, 0.29) is 0 Å². The first-order valence-electron chi connectivity index (χ1n) is 5.55. The lowest BCUT2D eigenvalue weighted by molar-refractivity contribution is -0.152. The Morgan fingerprint density at radius 2 is 2.06 bits per heavy atom. The van der Waals surface area contributed by atoms with Gasteiger partial charge in [-0.05, 0) is 31.0 Å². The Labute approximate surface area is 97.9 Å². The van der Waals surface area contributed by atoms with Crippen LogP contribution in [0.4, 0.5) is 0 Å². The second-order valence-corrected chi connectivity index (χ2v) is 4.11. The fourth-order valence-corrected chi connectivity index (χ4v) is 1.61. The maximum atomic E-state index is 5.85. The van der Waals surface area contributed by atoms with Gasteiger partial charge in [0, 0.05) is 20.5 Å². The molecule has 1 aromatic rings. The molecule has 0 N–H and O–H groups in total. The van der Waals surface area contributed by atoms with Gasteiger partial charge in [0.1, 0.15) is 5.75 Å². The van der Waals surface area contributed by atoms with Gasteiger partial charge >= 0.3 is 0 Å². The first-order valence-corrected chi connectivity index (χ1v) is 5.55. The summed E-state index contributed by atoms with van der Waals surface area (Å²) in [5.41, 5.74) is 2.18. The number of benzene rings is 1. The Hall–Kier alpha value is -1.28. The predicted molar refractivity (Wildman–Crippen MR) is 67.6 cm³/mol. The third kappa shape index (κ3) is 3.11. The number of rotatable bonds is 5. The zero-order valence-electron chi connectivity index (χ0n) is 10.5. The van der Waals surface area contributed by atoms with E-state index in [1.807, 2.05) is 52.0 Å². The number of ether oxygens (including phenoxy) is 2. The Kier molecular flexibility index (Phi) is 4.13. The average molecular weight is 220 g/mol. The highest BCUT2D eigenvalue weighted by molar-refractivity contribution is 5.55. The normalized spacial score (nSPS) is 11.2. The molecule has 0 atom stereocenters. The SMILES string of the molecule is C=Cc1cccc(OC(C)(C)OCC)c1C.